The van der Waals surface area contributed by atoms with Crippen molar-refractivity contribution in [3.63, 3.8) is 0 Å². The van der Waals surface area contributed by atoms with Gasteiger partial charge in [0, 0.05) is 37.9 Å². The fourth-order valence-electron chi connectivity index (χ4n) is 3.42. The molecule has 3 heterocycles. The zero-order valence-electron chi connectivity index (χ0n) is 14.7. The van der Waals surface area contributed by atoms with E-state index in [0.717, 1.165) is 10.9 Å². The highest BCUT2D eigenvalue weighted by molar-refractivity contribution is 6.35. The summed E-state index contributed by atoms with van der Waals surface area (Å²) in [6.07, 6.45) is 0.480. The van der Waals surface area contributed by atoms with Crippen LogP contribution in [0, 0.1) is 13.8 Å². The predicted octanol–water partition coefficient (Wildman–Crippen LogP) is 3.69. The van der Waals surface area contributed by atoms with Crippen molar-refractivity contribution in [3.8, 4) is 0 Å². The average Bonchev–Trinajstić information content (AvgIpc) is 3.32. The highest BCUT2D eigenvalue weighted by atomic mass is 35.5. The molecular formula is C18H18ClN3O4. The number of methoxy groups -OCH3 is 1. The SMILES string of the molecule is CO[C@@H]1C[C@H](c2nnc(C)o2)N(C(=O)c2oc3c(Cl)cccc3c2C)C1. The molecule has 1 amide bonds. The molecule has 0 bridgehead atoms. The quantitative estimate of drug-likeness (QED) is 0.694. The number of benzene rings is 1. The van der Waals surface area contributed by atoms with E-state index in [0.29, 0.717) is 35.4 Å². The number of likely N-dealkylation sites (tertiary alicyclic amines) is 1. The molecule has 0 N–H and O–H groups in total. The largest absolute Gasteiger partial charge is 0.449 e. The molecule has 0 aliphatic carbocycles. The van der Waals surface area contributed by atoms with Gasteiger partial charge in [-0.25, -0.2) is 0 Å². The molecule has 4 rings (SSSR count). The van der Waals surface area contributed by atoms with Crippen LogP contribution < -0.4 is 0 Å². The first-order valence-electron chi connectivity index (χ1n) is 8.31. The summed E-state index contributed by atoms with van der Waals surface area (Å²) < 4.78 is 16.9. The lowest BCUT2D eigenvalue weighted by molar-refractivity contribution is 0.0645. The van der Waals surface area contributed by atoms with E-state index in [2.05, 4.69) is 10.2 Å². The second-order valence-corrected chi connectivity index (χ2v) is 6.81. The Labute approximate surface area is 154 Å². The van der Waals surface area contributed by atoms with Crippen LogP contribution in [0.3, 0.4) is 0 Å². The van der Waals surface area contributed by atoms with Gasteiger partial charge in [-0.15, -0.1) is 10.2 Å². The van der Waals surface area contributed by atoms with E-state index in [1.165, 1.54) is 0 Å². The van der Waals surface area contributed by atoms with Gasteiger partial charge in [-0.3, -0.25) is 4.79 Å². The third-order valence-electron chi connectivity index (χ3n) is 4.79. The normalized spacial score (nSPS) is 20.2. The Morgan fingerprint density at radius 2 is 2.12 bits per heavy atom. The van der Waals surface area contributed by atoms with E-state index in [1.54, 1.807) is 25.0 Å². The summed E-state index contributed by atoms with van der Waals surface area (Å²) in [7, 11) is 1.63. The van der Waals surface area contributed by atoms with Crippen LogP contribution in [-0.4, -0.2) is 40.8 Å². The van der Waals surface area contributed by atoms with E-state index in [4.69, 9.17) is 25.2 Å². The maximum absolute atomic E-state index is 13.2. The minimum Gasteiger partial charge on any atom is -0.449 e. The lowest BCUT2D eigenvalue weighted by atomic mass is 10.1. The Morgan fingerprint density at radius 1 is 1.31 bits per heavy atom. The number of nitrogens with zero attached hydrogens (tertiary/aromatic N) is 3. The first kappa shape index (κ1) is 17.1. The molecule has 1 aliphatic heterocycles. The highest BCUT2D eigenvalue weighted by Gasteiger charge is 2.41. The van der Waals surface area contributed by atoms with Crippen LogP contribution in [-0.2, 0) is 4.74 Å². The second kappa shape index (κ2) is 6.41. The molecule has 0 radical (unpaired) electrons. The van der Waals surface area contributed by atoms with Crippen LogP contribution in [0.5, 0.6) is 0 Å². The standard InChI is InChI=1S/C18H18ClN3O4/c1-9-12-5-4-6-13(19)16(12)26-15(9)18(23)22-8-11(24-3)7-14(22)17-21-20-10(2)25-17/h4-6,11,14H,7-8H2,1-3H3/t11-,14-/m1/s1. The van der Waals surface area contributed by atoms with Crippen molar-refractivity contribution in [2.75, 3.05) is 13.7 Å². The zero-order chi connectivity index (χ0) is 18.4. The Kier molecular flexibility index (Phi) is 4.20. The third-order valence-corrected chi connectivity index (χ3v) is 5.09. The Morgan fingerprint density at radius 3 is 2.77 bits per heavy atom. The summed E-state index contributed by atoms with van der Waals surface area (Å²) in [5.41, 5.74) is 1.27. The van der Waals surface area contributed by atoms with Gasteiger partial charge in [0.1, 0.15) is 6.04 Å². The molecular weight excluding hydrogens is 358 g/mol. The number of para-hydroxylation sites is 1. The van der Waals surface area contributed by atoms with Gasteiger partial charge in [0.25, 0.3) is 5.91 Å². The Bertz CT molecular complexity index is 980. The number of carbonyl (C=O) groups excluding carboxylic acids is 1. The summed E-state index contributed by atoms with van der Waals surface area (Å²) in [6, 6.07) is 5.11. The number of rotatable bonds is 3. The van der Waals surface area contributed by atoms with Crippen molar-refractivity contribution in [1.29, 1.82) is 0 Å². The second-order valence-electron chi connectivity index (χ2n) is 6.40. The summed E-state index contributed by atoms with van der Waals surface area (Å²) in [5.74, 6) is 0.892. The van der Waals surface area contributed by atoms with E-state index in [-0.39, 0.29) is 23.8 Å². The van der Waals surface area contributed by atoms with Crippen LogP contribution in [0.1, 0.15) is 40.4 Å². The number of fused-ring (bicyclic) bond motifs is 1. The maximum Gasteiger partial charge on any atom is 0.290 e. The van der Waals surface area contributed by atoms with Crippen molar-refractivity contribution >= 4 is 28.5 Å². The molecule has 2 aromatic heterocycles. The van der Waals surface area contributed by atoms with Gasteiger partial charge in [0.2, 0.25) is 11.8 Å². The Balaban J connectivity index is 1.74. The van der Waals surface area contributed by atoms with Crippen LogP contribution in [0.2, 0.25) is 5.02 Å². The molecule has 1 aromatic carbocycles. The first-order chi connectivity index (χ1) is 12.5. The summed E-state index contributed by atoms with van der Waals surface area (Å²) >= 11 is 6.21. The van der Waals surface area contributed by atoms with E-state index >= 15 is 0 Å². The molecule has 7 nitrogen and oxygen atoms in total. The highest BCUT2D eigenvalue weighted by Crippen LogP contribution is 2.37. The molecule has 0 saturated carbocycles. The third kappa shape index (κ3) is 2.68. The Hall–Kier alpha value is -2.38. The van der Waals surface area contributed by atoms with Crippen molar-refractivity contribution < 1.29 is 18.4 Å². The van der Waals surface area contributed by atoms with Gasteiger partial charge in [-0.05, 0) is 13.0 Å². The monoisotopic (exact) mass is 375 g/mol. The molecule has 3 aromatic rings. The van der Waals surface area contributed by atoms with Crippen molar-refractivity contribution in [2.24, 2.45) is 0 Å². The predicted molar refractivity (Wildman–Crippen MR) is 94.2 cm³/mol. The molecule has 8 heteroatoms. The molecule has 1 aliphatic rings. The molecule has 1 saturated heterocycles. The maximum atomic E-state index is 13.2. The van der Waals surface area contributed by atoms with Crippen molar-refractivity contribution in [1.82, 2.24) is 15.1 Å². The van der Waals surface area contributed by atoms with Crippen LogP contribution in [0.4, 0.5) is 0 Å². The number of hydrogen-bond acceptors (Lipinski definition) is 6. The van der Waals surface area contributed by atoms with Gasteiger partial charge >= 0.3 is 0 Å². The topological polar surface area (TPSA) is 81.6 Å². The van der Waals surface area contributed by atoms with Gasteiger partial charge in [0.15, 0.2) is 11.3 Å². The average molecular weight is 376 g/mol. The van der Waals surface area contributed by atoms with Gasteiger partial charge < -0.3 is 18.5 Å². The minimum absolute atomic E-state index is 0.107. The molecule has 26 heavy (non-hydrogen) atoms. The number of hydrogen-bond donors (Lipinski definition) is 0. The number of aryl methyl sites for hydroxylation is 2. The van der Waals surface area contributed by atoms with Crippen LogP contribution in [0.25, 0.3) is 11.0 Å². The van der Waals surface area contributed by atoms with Crippen molar-refractivity contribution in [3.05, 3.63) is 46.3 Å². The van der Waals surface area contributed by atoms with Gasteiger partial charge in [-0.1, -0.05) is 23.7 Å². The van der Waals surface area contributed by atoms with E-state index in [1.807, 2.05) is 19.1 Å². The molecule has 136 valence electrons. The fraction of sp³-hybridized carbons (Fsp3) is 0.389. The number of carbonyl (C=O) groups is 1. The lowest BCUT2D eigenvalue weighted by Gasteiger charge is -2.20. The summed E-state index contributed by atoms with van der Waals surface area (Å²) in [5, 5.41) is 9.26. The number of amides is 1. The number of ether oxygens (including phenoxy) is 1. The lowest BCUT2D eigenvalue weighted by Crippen LogP contribution is -2.32. The molecule has 1 fully saturated rings. The zero-order valence-corrected chi connectivity index (χ0v) is 15.4. The van der Waals surface area contributed by atoms with Crippen LogP contribution in [0.15, 0.2) is 27.0 Å². The van der Waals surface area contributed by atoms with Crippen LogP contribution >= 0.6 is 11.6 Å². The first-order valence-corrected chi connectivity index (χ1v) is 8.68. The fourth-order valence-corrected chi connectivity index (χ4v) is 3.63. The number of aromatic nitrogens is 2. The summed E-state index contributed by atoms with van der Waals surface area (Å²) in [4.78, 5) is 14.9. The molecule has 0 spiro atoms. The van der Waals surface area contributed by atoms with Gasteiger partial charge in [-0.2, -0.15) is 0 Å². The summed E-state index contributed by atoms with van der Waals surface area (Å²) in [6.45, 7) is 3.99. The van der Waals surface area contributed by atoms with E-state index < -0.39 is 0 Å². The van der Waals surface area contributed by atoms with Gasteiger partial charge in [0.05, 0.1) is 11.1 Å². The molecule has 0 unspecified atom stereocenters. The smallest absolute Gasteiger partial charge is 0.290 e. The van der Waals surface area contributed by atoms with E-state index in [9.17, 15) is 4.79 Å². The number of halogens is 1. The minimum atomic E-state index is -0.350. The number of furan rings is 1. The van der Waals surface area contributed by atoms with Crippen molar-refractivity contribution in [2.45, 2.75) is 32.4 Å². The molecule has 2 atom stereocenters.